The minimum atomic E-state index is -3.54. The van der Waals surface area contributed by atoms with E-state index in [0.29, 0.717) is 12.1 Å². The summed E-state index contributed by atoms with van der Waals surface area (Å²) in [6.45, 7) is 3.73. The van der Waals surface area contributed by atoms with Gasteiger partial charge in [0.1, 0.15) is 0 Å². The molecule has 1 aromatic rings. The van der Waals surface area contributed by atoms with Gasteiger partial charge in [-0.25, -0.2) is 13.1 Å². The first kappa shape index (κ1) is 16.6. The van der Waals surface area contributed by atoms with Gasteiger partial charge in [0.05, 0.1) is 12.3 Å². The summed E-state index contributed by atoms with van der Waals surface area (Å²) in [4.78, 5) is 11.4. The predicted octanol–water partition coefficient (Wildman–Crippen LogP) is 0.0893. The Morgan fingerprint density at radius 3 is 2.55 bits per heavy atom. The maximum atomic E-state index is 11.9. The molecule has 0 atom stereocenters. The highest BCUT2D eigenvalue weighted by molar-refractivity contribution is 7.88. The Hall–Kier alpha value is -1.44. The molecule has 6 nitrogen and oxygen atoms in total. The van der Waals surface area contributed by atoms with Crippen molar-refractivity contribution in [3.8, 4) is 0 Å². The molecule has 0 heterocycles. The van der Waals surface area contributed by atoms with Crippen molar-refractivity contribution in [3.05, 3.63) is 35.4 Å². The smallest absolute Gasteiger partial charge is 0.235 e. The minimum Gasteiger partial charge on any atom is -0.353 e. The van der Waals surface area contributed by atoms with E-state index in [1.54, 1.807) is 18.2 Å². The van der Waals surface area contributed by atoms with Crippen molar-refractivity contribution >= 4 is 15.9 Å². The fourth-order valence-corrected chi connectivity index (χ4v) is 2.74. The molecule has 112 valence electrons. The van der Waals surface area contributed by atoms with E-state index in [-0.39, 0.29) is 24.2 Å². The Balaban J connectivity index is 2.59. The number of benzene rings is 1. The third-order valence-corrected chi connectivity index (χ3v) is 3.78. The Labute approximate surface area is 119 Å². The predicted molar refractivity (Wildman–Crippen MR) is 78.2 cm³/mol. The summed E-state index contributed by atoms with van der Waals surface area (Å²) in [7, 11) is -3.54. The van der Waals surface area contributed by atoms with Gasteiger partial charge in [-0.2, -0.15) is 0 Å². The molecule has 0 aliphatic heterocycles. The van der Waals surface area contributed by atoms with Crippen molar-refractivity contribution in [1.82, 2.24) is 10.0 Å². The van der Waals surface area contributed by atoms with Gasteiger partial charge >= 0.3 is 0 Å². The van der Waals surface area contributed by atoms with Crippen LogP contribution in [0.1, 0.15) is 25.0 Å². The van der Waals surface area contributed by atoms with Crippen molar-refractivity contribution < 1.29 is 13.2 Å². The summed E-state index contributed by atoms with van der Waals surface area (Å²) in [5, 5.41) is 2.62. The number of nitrogens with one attached hydrogen (secondary N) is 2. The number of hydrogen-bond donors (Lipinski definition) is 3. The molecule has 0 unspecified atom stereocenters. The van der Waals surface area contributed by atoms with E-state index in [1.165, 1.54) is 0 Å². The molecule has 0 bridgehead atoms. The van der Waals surface area contributed by atoms with Gasteiger partial charge < -0.3 is 11.1 Å². The molecule has 4 N–H and O–H groups in total. The number of nitrogens with two attached hydrogens (primary N) is 1. The first-order valence-corrected chi connectivity index (χ1v) is 8.02. The maximum absolute atomic E-state index is 11.9. The van der Waals surface area contributed by atoms with Crippen LogP contribution in [0.3, 0.4) is 0 Å². The van der Waals surface area contributed by atoms with Crippen LogP contribution in [0.4, 0.5) is 0 Å². The second-order valence-electron chi connectivity index (χ2n) is 4.83. The molecule has 0 saturated carbocycles. The Morgan fingerprint density at radius 1 is 1.30 bits per heavy atom. The van der Waals surface area contributed by atoms with Crippen LogP contribution in [0.25, 0.3) is 0 Å². The van der Waals surface area contributed by atoms with Gasteiger partial charge in [-0.1, -0.05) is 24.3 Å². The second kappa shape index (κ2) is 7.37. The number of sulfonamides is 1. The number of carbonyl (C=O) groups excluding carboxylic acids is 1. The molecule has 0 aliphatic carbocycles. The van der Waals surface area contributed by atoms with E-state index < -0.39 is 10.0 Å². The molecule has 0 radical (unpaired) electrons. The van der Waals surface area contributed by atoms with Gasteiger partial charge in [0.15, 0.2) is 0 Å². The van der Waals surface area contributed by atoms with E-state index >= 15 is 0 Å². The normalized spacial score (nSPS) is 11.6. The van der Waals surface area contributed by atoms with E-state index in [9.17, 15) is 13.2 Å². The van der Waals surface area contributed by atoms with Gasteiger partial charge in [0.25, 0.3) is 0 Å². The average Bonchev–Trinajstić information content (AvgIpc) is 2.35. The second-order valence-corrected chi connectivity index (χ2v) is 6.63. The SMILES string of the molecule is CC(C)NC(=O)CNS(=O)(=O)Cc1cccc(CN)c1. The summed E-state index contributed by atoms with van der Waals surface area (Å²) in [5.74, 6) is -0.519. The van der Waals surface area contributed by atoms with Crippen molar-refractivity contribution in [2.75, 3.05) is 6.54 Å². The van der Waals surface area contributed by atoms with Crippen molar-refractivity contribution in [2.24, 2.45) is 5.73 Å². The maximum Gasteiger partial charge on any atom is 0.235 e. The third-order valence-electron chi connectivity index (χ3n) is 2.49. The monoisotopic (exact) mass is 299 g/mol. The van der Waals surface area contributed by atoms with Gasteiger partial charge in [0.2, 0.25) is 15.9 Å². The van der Waals surface area contributed by atoms with E-state index in [1.807, 2.05) is 19.9 Å². The Kier molecular flexibility index (Phi) is 6.12. The Morgan fingerprint density at radius 2 is 1.95 bits per heavy atom. The van der Waals surface area contributed by atoms with Crippen LogP contribution in [0.15, 0.2) is 24.3 Å². The summed E-state index contributed by atoms with van der Waals surface area (Å²) in [5.41, 5.74) is 7.02. The lowest BCUT2D eigenvalue weighted by atomic mass is 10.1. The zero-order valence-corrected chi connectivity index (χ0v) is 12.5. The minimum absolute atomic E-state index is 0.0201. The molecule has 0 saturated heterocycles. The quantitative estimate of drug-likeness (QED) is 0.664. The molecule has 0 fully saturated rings. The molecule has 7 heteroatoms. The first-order chi connectivity index (χ1) is 9.32. The molecule has 1 aromatic carbocycles. The fraction of sp³-hybridized carbons (Fsp3) is 0.462. The summed E-state index contributed by atoms with van der Waals surface area (Å²) in [6.07, 6.45) is 0. The first-order valence-electron chi connectivity index (χ1n) is 6.37. The van der Waals surface area contributed by atoms with Gasteiger partial charge in [-0.15, -0.1) is 0 Å². The zero-order chi connectivity index (χ0) is 15.2. The lowest BCUT2D eigenvalue weighted by molar-refractivity contribution is -0.120. The van der Waals surface area contributed by atoms with Crippen molar-refractivity contribution in [2.45, 2.75) is 32.2 Å². The van der Waals surface area contributed by atoms with Crippen LogP contribution < -0.4 is 15.8 Å². The standard InChI is InChI=1S/C13H21N3O3S/c1-10(2)16-13(17)8-15-20(18,19)9-12-5-3-4-11(6-12)7-14/h3-6,10,15H,7-9,14H2,1-2H3,(H,16,17). The summed E-state index contributed by atoms with van der Waals surface area (Å²) >= 11 is 0. The molecular formula is C13H21N3O3S. The number of carbonyl (C=O) groups is 1. The molecule has 20 heavy (non-hydrogen) atoms. The summed E-state index contributed by atoms with van der Waals surface area (Å²) < 4.78 is 26.0. The average molecular weight is 299 g/mol. The number of amides is 1. The largest absolute Gasteiger partial charge is 0.353 e. The van der Waals surface area contributed by atoms with E-state index in [4.69, 9.17) is 5.73 Å². The van der Waals surface area contributed by atoms with E-state index in [2.05, 4.69) is 10.0 Å². The highest BCUT2D eigenvalue weighted by atomic mass is 32.2. The van der Waals surface area contributed by atoms with Crippen molar-refractivity contribution in [3.63, 3.8) is 0 Å². The van der Waals surface area contributed by atoms with Gasteiger partial charge in [-0.3, -0.25) is 4.79 Å². The highest BCUT2D eigenvalue weighted by Gasteiger charge is 2.14. The topological polar surface area (TPSA) is 101 Å². The lowest BCUT2D eigenvalue weighted by Crippen LogP contribution is -2.40. The van der Waals surface area contributed by atoms with Crippen LogP contribution in [0.5, 0.6) is 0 Å². The molecule has 0 spiro atoms. The fourth-order valence-electron chi connectivity index (χ4n) is 1.67. The molecule has 1 rings (SSSR count). The van der Waals surface area contributed by atoms with E-state index in [0.717, 1.165) is 5.56 Å². The van der Waals surface area contributed by atoms with Crippen LogP contribution in [0.2, 0.25) is 0 Å². The van der Waals surface area contributed by atoms with Crippen molar-refractivity contribution in [1.29, 1.82) is 0 Å². The van der Waals surface area contributed by atoms with Crippen LogP contribution in [0, 0.1) is 0 Å². The number of hydrogen-bond acceptors (Lipinski definition) is 4. The molecule has 1 amide bonds. The van der Waals surface area contributed by atoms with Gasteiger partial charge in [-0.05, 0) is 25.0 Å². The third kappa shape index (κ3) is 6.14. The zero-order valence-electron chi connectivity index (χ0n) is 11.7. The number of rotatable bonds is 7. The van der Waals surface area contributed by atoms with Gasteiger partial charge in [0, 0.05) is 12.6 Å². The highest BCUT2D eigenvalue weighted by Crippen LogP contribution is 2.08. The molecule has 0 aromatic heterocycles. The van der Waals surface area contributed by atoms with Crippen LogP contribution in [-0.4, -0.2) is 26.9 Å². The van der Waals surface area contributed by atoms with Crippen LogP contribution >= 0.6 is 0 Å². The van der Waals surface area contributed by atoms with Crippen LogP contribution in [-0.2, 0) is 27.1 Å². The molecular weight excluding hydrogens is 278 g/mol. The lowest BCUT2D eigenvalue weighted by Gasteiger charge is -2.10. The summed E-state index contributed by atoms with van der Waals surface area (Å²) in [6, 6.07) is 7.03. The Bertz CT molecular complexity index is 556. The molecule has 0 aliphatic rings.